The van der Waals surface area contributed by atoms with Gasteiger partial charge in [0.05, 0.1) is 17.7 Å². The fourth-order valence-electron chi connectivity index (χ4n) is 2.21. The summed E-state index contributed by atoms with van der Waals surface area (Å²) in [6.45, 7) is 1.24. The van der Waals surface area contributed by atoms with Crippen molar-refractivity contribution in [1.82, 2.24) is 0 Å². The molecule has 6 heteroatoms. The minimum atomic E-state index is -1.10. The van der Waals surface area contributed by atoms with Crippen LogP contribution in [-0.2, 0) is 16.0 Å². The molecule has 0 spiro atoms. The van der Waals surface area contributed by atoms with Crippen molar-refractivity contribution in [3.8, 4) is 0 Å². The number of anilines is 1. The zero-order valence-corrected chi connectivity index (χ0v) is 12.3. The fraction of sp³-hybridized carbons (Fsp3) is 0.118. The Kier molecular flexibility index (Phi) is 4.85. The molecule has 0 aliphatic carbocycles. The van der Waals surface area contributed by atoms with Crippen molar-refractivity contribution in [1.29, 1.82) is 0 Å². The molecule has 0 unspecified atom stereocenters. The fourth-order valence-corrected chi connectivity index (χ4v) is 2.21. The lowest BCUT2D eigenvalue weighted by Crippen LogP contribution is -2.16. The van der Waals surface area contributed by atoms with Crippen LogP contribution in [0, 0.1) is 5.82 Å². The van der Waals surface area contributed by atoms with Crippen molar-refractivity contribution in [2.45, 2.75) is 13.3 Å². The monoisotopic (exact) mass is 315 g/mol. The maximum atomic E-state index is 13.8. The molecule has 0 heterocycles. The lowest BCUT2D eigenvalue weighted by atomic mass is 9.97. The summed E-state index contributed by atoms with van der Waals surface area (Å²) in [5.41, 5.74) is 0.265. The van der Waals surface area contributed by atoms with E-state index in [-0.39, 0.29) is 28.8 Å². The minimum absolute atomic E-state index is 0.0454. The predicted octanol–water partition coefficient (Wildman–Crippen LogP) is 2.64. The third-order valence-electron chi connectivity index (χ3n) is 3.16. The van der Waals surface area contributed by atoms with E-state index in [1.807, 2.05) is 0 Å². The summed E-state index contributed by atoms with van der Waals surface area (Å²) in [5.74, 6) is -2.87. The molecule has 0 aliphatic rings. The Hall–Kier alpha value is -3.02. The van der Waals surface area contributed by atoms with E-state index in [2.05, 4.69) is 5.32 Å². The quantitative estimate of drug-likeness (QED) is 0.831. The lowest BCUT2D eigenvalue weighted by Gasteiger charge is -2.14. The Balaban J connectivity index is 2.57. The van der Waals surface area contributed by atoms with E-state index in [0.29, 0.717) is 0 Å². The average Bonchev–Trinajstić information content (AvgIpc) is 2.48. The number of carboxylic acid groups (broad SMARTS) is 1. The Morgan fingerprint density at radius 3 is 2.30 bits per heavy atom. The Labute approximate surface area is 131 Å². The first-order chi connectivity index (χ1) is 10.9. The average molecular weight is 315 g/mol. The SMILES string of the molecule is CC(=O)Nc1c(CC(=O)O)cccc1C(=O)c1ccccc1F. The van der Waals surface area contributed by atoms with Crippen LogP contribution >= 0.6 is 0 Å². The highest BCUT2D eigenvalue weighted by atomic mass is 19.1. The molecule has 2 aromatic carbocycles. The topological polar surface area (TPSA) is 83.5 Å². The first-order valence-electron chi connectivity index (χ1n) is 6.80. The van der Waals surface area contributed by atoms with Crippen LogP contribution < -0.4 is 5.32 Å². The number of carbonyl (C=O) groups excluding carboxylic acids is 2. The summed E-state index contributed by atoms with van der Waals surface area (Å²) in [6, 6.07) is 9.89. The summed E-state index contributed by atoms with van der Waals surface area (Å²) in [6.07, 6.45) is -0.367. The number of halogens is 1. The number of amides is 1. The number of carbonyl (C=O) groups is 3. The van der Waals surface area contributed by atoms with Crippen LogP contribution in [0.25, 0.3) is 0 Å². The zero-order valence-electron chi connectivity index (χ0n) is 12.3. The smallest absolute Gasteiger partial charge is 0.307 e. The van der Waals surface area contributed by atoms with Gasteiger partial charge >= 0.3 is 5.97 Å². The van der Waals surface area contributed by atoms with Gasteiger partial charge < -0.3 is 10.4 Å². The second kappa shape index (κ2) is 6.83. The maximum Gasteiger partial charge on any atom is 0.307 e. The number of para-hydroxylation sites is 1. The molecule has 2 N–H and O–H groups in total. The summed E-state index contributed by atoms with van der Waals surface area (Å²) >= 11 is 0. The van der Waals surface area contributed by atoms with E-state index in [1.165, 1.54) is 43.3 Å². The molecular weight excluding hydrogens is 301 g/mol. The number of aliphatic carboxylic acids is 1. The van der Waals surface area contributed by atoms with Crippen molar-refractivity contribution in [2.24, 2.45) is 0 Å². The van der Waals surface area contributed by atoms with Gasteiger partial charge in [0.15, 0.2) is 5.78 Å². The number of benzene rings is 2. The molecule has 23 heavy (non-hydrogen) atoms. The third-order valence-corrected chi connectivity index (χ3v) is 3.16. The van der Waals surface area contributed by atoms with Crippen LogP contribution in [0.2, 0.25) is 0 Å². The van der Waals surface area contributed by atoms with Crippen LogP contribution in [0.15, 0.2) is 42.5 Å². The molecule has 2 aromatic rings. The van der Waals surface area contributed by atoms with Crippen LogP contribution in [0.1, 0.15) is 28.4 Å². The molecule has 0 bridgehead atoms. The van der Waals surface area contributed by atoms with Crippen LogP contribution in [-0.4, -0.2) is 22.8 Å². The summed E-state index contributed by atoms with van der Waals surface area (Å²) < 4.78 is 13.8. The molecule has 1 amide bonds. The maximum absolute atomic E-state index is 13.8. The minimum Gasteiger partial charge on any atom is -0.481 e. The van der Waals surface area contributed by atoms with Gasteiger partial charge in [-0.2, -0.15) is 0 Å². The number of hydrogen-bond donors (Lipinski definition) is 2. The van der Waals surface area contributed by atoms with Crippen molar-refractivity contribution in [2.75, 3.05) is 5.32 Å². The number of carboxylic acids is 1. The molecule has 0 fully saturated rings. The van der Waals surface area contributed by atoms with Crippen LogP contribution in [0.3, 0.4) is 0 Å². The second-order valence-corrected chi connectivity index (χ2v) is 4.90. The van der Waals surface area contributed by atoms with Crippen LogP contribution in [0.4, 0.5) is 10.1 Å². The zero-order chi connectivity index (χ0) is 17.0. The van der Waals surface area contributed by atoms with E-state index in [0.717, 1.165) is 6.07 Å². The largest absolute Gasteiger partial charge is 0.481 e. The molecule has 5 nitrogen and oxygen atoms in total. The van der Waals surface area contributed by atoms with E-state index in [9.17, 15) is 18.8 Å². The first kappa shape index (κ1) is 16.4. The number of nitrogens with one attached hydrogen (secondary N) is 1. The Morgan fingerprint density at radius 2 is 1.70 bits per heavy atom. The highest BCUT2D eigenvalue weighted by Crippen LogP contribution is 2.25. The molecule has 0 saturated heterocycles. The molecule has 0 radical (unpaired) electrons. The highest BCUT2D eigenvalue weighted by molar-refractivity contribution is 6.14. The van der Waals surface area contributed by atoms with E-state index < -0.39 is 23.5 Å². The first-order valence-corrected chi connectivity index (χ1v) is 6.80. The van der Waals surface area contributed by atoms with Crippen molar-refractivity contribution >= 4 is 23.3 Å². The van der Waals surface area contributed by atoms with Crippen molar-refractivity contribution in [3.63, 3.8) is 0 Å². The van der Waals surface area contributed by atoms with Crippen molar-refractivity contribution < 1.29 is 23.9 Å². The summed E-state index contributed by atoms with van der Waals surface area (Å²) in [4.78, 5) is 34.9. The summed E-state index contributed by atoms with van der Waals surface area (Å²) in [5, 5.41) is 11.4. The van der Waals surface area contributed by atoms with Gasteiger partial charge in [-0.25, -0.2) is 4.39 Å². The van der Waals surface area contributed by atoms with Gasteiger partial charge in [-0.3, -0.25) is 14.4 Å². The predicted molar refractivity (Wildman–Crippen MR) is 81.9 cm³/mol. The van der Waals surface area contributed by atoms with Crippen molar-refractivity contribution in [3.05, 3.63) is 65.0 Å². The van der Waals surface area contributed by atoms with Gasteiger partial charge in [0.2, 0.25) is 5.91 Å². The van der Waals surface area contributed by atoms with Gasteiger partial charge in [0, 0.05) is 12.5 Å². The molecule has 0 aromatic heterocycles. The number of hydrogen-bond acceptors (Lipinski definition) is 3. The Morgan fingerprint density at radius 1 is 1.04 bits per heavy atom. The molecular formula is C17H14FNO4. The third kappa shape index (κ3) is 3.79. The van der Waals surface area contributed by atoms with E-state index in [1.54, 1.807) is 0 Å². The van der Waals surface area contributed by atoms with Crippen LogP contribution in [0.5, 0.6) is 0 Å². The van der Waals surface area contributed by atoms with E-state index >= 15 is 0 Å². The molecule has 0 aliphatic heterocycles. The highest BCUT2D eigenvalue weighted by Gasteiger charge is 2.20. The molecule has 0 atom stereocenters. The Bertz CT molecular complexity index is 786. The molecule has 118 valence electrons. The summed E-state index contributed by atoms with van der Waals surface area (Å²) in [7, 11) is 0. The van der Waals surface area contributed by atoms with Gasteiger partial charge in [-0.1, -0.05) is 24.3 Å². The van der Waals surface area contributed by atoms with E-state index in [4.69, 9.17) is 5.11 Å². The number of rotatable bonds is 5. The number of ketones is 1. The lowest BCUT2D eigenvalue weighted by molar-refractivity contribution is -0.136. The van der Waals surface area contributed by atoms with Gasteiger partial charge in [-0.15, -0.1) is 0 Å². The van der Waals surface area contributed by atoms with Gasteiger partial charge in [0.1, 0.15) is 5.82 Å². The standard InChI is InChI=1S/C17H14FNO4/c1-10(20)19-16-11(9-15(21)22)5-4-7-13(16)17(23)12-6-2-3-8-14(12)18/h2-8H,9H2,1H3,(H,19,20)(H,21,22). The van der Waals surface area contributed by atoms with Gasteiger partial charge in [0.25, 0.3) is 0 Å². The molecule has 0 saturated carbocycles. The molecule has 2 rings (SSSR count). The van der Waals surface area contributed by atoms with Gasteiger partial charge in [-0.05, 0) is 23.8 Å². The second-order valence-electron chi connectivity index (χ2n) is 4.90. The normalized spacial score (nSPS) is 10.2.